The van der Waals surface area contributed by atoms with Crippen LogP contribution in [0.1, 0.15) is 10.4 Å². The molecule has 0 spiro atoms. The molecule has 0 saturated carbocycles. The lowest BCUT2D eigenvalue weighted by atomic mass is 10.2. The van der Waals surface area contributed by atoms with Crippen molar-refractivity contribution in [3.63, 3.8) is 0 Å². The average molecular weight is 361 g/mol. The molecule has 1 aromatic carbocycles. The van der Waals surface area contributed by atoms with Crippen LogP contribution in [0.4, 0.5) is 5.69 Å². The van der Waals surface area contributed by atoms with E-state index >= 15 is 0 Å². The standard InChI is InChI=1S/C12H11Br2NS/c1-8-2-9(13)4-11(3-8)15-6-12-5-10(14)7-16-12/h2-5,7,15H,6H2,1H3. The number of hydrogen-bond donors (Lipinski definition) is 1. The van der Waals surface area contributed by atoms with Crippen LogP contribution in [0.2, 0.25) is 0 Å². The lowest BCUT2D eigenvalue weighted by Gasteiger charge is -2.06. The fourth-order valence-electron chi connectivity index (χ4n) is 1.47. The summed E-state index contributed by atoms with van der Waals surface area (Å²) in [6.45, 7) is 2.96. The molecule has 0 bridgehead atoms. The number of halogens is 2. The number of thiophene rings is 1. The van der Waals surface area contributed by atoms with E-state index in [-0.39, 0.29) is 0 Å². The van der Waals surface area contributed by atoms with E-state index in [2.05, 4.69) is 73.7 Å². The maximum atomic E-state index is 3.50. The van der Waals surface area contributed by atoms with E-state index in [1.54, 1.807) is 11.3 Å². The van der Waals surface area contributed by atoms with Crippen molar-refractivity contribution in [1.29, 1.82) is 0 Å². The Balaban J connectivity index is 2.04. The molecule has 4 heteroatoms. The fraction of sp³-hybridized carbons (Fsp3) is 0.167. The van der Waals surface area contributed by atoms with Gasteiger partial charge in [-0.2, -0.15) is 0 Å². The zero-order valence-electron chi connectivity index (χ0n) is 8.76. The Kier molecular flexibility index (Phi) is 4.05. The minimum atomic E-state index is 0.867. The van der Waals surface area contributed by atoms with E-state index in [0.29, 0.717) is 0 Å². The Labute approximate surface area is 116 Å². The van der Waals surface area contributed by atoms with Crippen LogP contribution in [-0.2, 0) is 6.54 Å². The lowest BCUT2D eigenvalue weighted by Crippen LogP contribution is -1.97. The van der Waals surface area contributed by atoms with Crippen LogP contribution in [0.25, 0.3) is 0 Å². The number of rotatable bonds is 3. The Hall–Kier alpha value is -0.320. The van der Waals surface area contributed by atoms with Gasteiger partial charge in [-0.1, -0.05) is 15.9 Å². The third-order valence-electron chi connectivity index (χ3n) is 2.13. The van der Waals surface area contributed by atoms with Gasteiger partial charge >= 0.3 is 0 Å². The first-order valence-electron chi connectivity index (χ1n) is 4.87. The molecule has 0 saturated heterocycles. The van der Waals surface area contributed by atoms with E-state index in [4.69, 9.17) is 0 Å². The quantitative estimate of drug-likeness (QED) is 0.793. The highest BCUT2D eigenvalue weighted by molar-refractivity contribution is 9.10. The Morgan fingerprint density at radius 2 is 1.94 bits per heavy atom. The second kappa shape index (κ2) is 5.34. The van der Waals surface area contributed by atoms with E-state index in [0.717, 1.165) is 21.2 Å². The molecule has 2 aromatic rings. The summed E-state index contributed by atoms with van der Waals surface area (Å²) in [6.07, 6.45) is 0. The highest BCUT2D eigenvalue weighted by atomic mass is 79.9. The predicted molar refractivity (Wildman–Crippen MR) is 78.2 cm³/mol. The average Bonchev–Trinajstić information content (AvgIpc) is 2.60. The Bertz CT molecular complexity index is 473. The topological polar surface area (TPSA) is 12.0 Å². The first kappa shape index (κ1) is 12.1. The molecule has 0 amide bonds. The number of nitrogens with one attached hydrogen (secondary N) is 1. The summed E-state index contributed by atoms with van der Waals surface area (Å²) < 4.78 is 2.27. The zero-order valence-corrected chi connectivity index (χ0v) is 12.7. The number of benzene rings is 1. The third-order valence-corrected chi connectivity index (χ3v) is 4.29. The molecule has 1 heterocycles. The van der Waals surface area contributed by atoms with E-state index in [9.17, 15) is 0 Å². The maximum absolute atomic E-state index is 3.50. The van der Waals surface area contributed by atoms with Gasteiger partial charge in [0.25, 0.3) is 0 Å². The number of anilines is 1. The van der Waals surface area contributed by atoms with Crippen LogP contribution in [-0.4, -0.2) is 0 Å². The van der Waals surface area contributed by atoms with E-state index in [1.807, 2.05) is 0 Å². The molecule has 0 aliphatic carbocycles. The van der Waals surface area contributed by atoms with E-state index in [1.165, 1.54) is 10.4 Å². The molecule has 84 valence electrons. The normalized spacial score (nSPS) is 10.4. The predicted octanol–water partition coefficient (Wildman–Crippen LogP) is 5.19. The van der Waals surface area contributed by atoms with Crippen LogP contribution < -0.4 is 5.32 Å². The summed E-state index contributed by atoms with van der Waals surface area (Å²) in [7, 11) is 0. The number of hydrogen-bond acceptors (Lipinski definition) is 2. The molecule has 0 aliphatic rings. The van der Waals surface area contributed by atoms with Gasteiger partial charge in [0.2, 0.25) is 0 Å². The van der Waals surface area contributed by atoms with Gasteiger partial charge in [0, 0.05) is 31.4 Å². The molecule has 0 fully saturated rings. The lowest BCUT2D eigenvalue weighted by molar-refractivity contribution is 1.19. The molecule has 0 unspecified atom stereocenters. The van der Waals surface area contributed by atoms with Crippen LogP contribution in [0.5, 0.6) is 0 Å². The van der Waals surface area contributed by atoms with E-state index < -0.39 is 0 Å². The van der Waals surface area contributed by atoms with Gasteiger partial charge in [0.15, 0.2) is 0 Å². The van der Waals surface area contributed by atoms with Gasteiger partial charge in [-0.05, 0) is 52.7 Å². The Morgan fingerprint density at radius 1 is 1.12 bits per heavy atom. The molecular weight excluding hydrogens is 350 g/mol. The van der Waals surface area contributed by atoms with Gasteiger partial charge in [-0.15, -0.1) is 11.3 Å². The van der Waals surface area contributed by atoms with Crippen LogP contribution in [0.15, 0.2) is 38.6 Å². The van der Waals surface area contributed by atoms with Crippen molar-refractivity contribution in [3.05, 3.63) is 49.0 Å². The van der Waals surface area contributed by atoms with Gasteiger partial charge in [0.1, 0.15) is 0 Å². The van der Waals surface area contributed by atoms with Crippen molar-refractivity contribution in [2.75, 3.05) is 5.32 Å². The SMILES string of the molecule is Cc1cc(Br)cc(NCc2cc(Br)cs2)c1. The summed E-state index contributed by atoms with van der Waals surface area (Å²) in [4.78, 5) is 1.32. The largest absolute Gasteiger partial charge is 0.380 e. The van der Waals surface area contributed by atoms with Crippen molar-refractivity contribution in [2.45, 2.75) is 13.5 Å². The summed E-state index contributed by atoms with van der Waals surface area (Å²) >= 11 is 8.71. The van der Waals surface area contributed by atoms with Gasteiger partial charge in [-0.25, -0.2) is 0 Å². The number of aryl methyl sites for hydroxylation is 1. The summed E-state index contributed by atoms with van der Waals surface area (Å²) in [5.74, 6) is 0. The fourth-order valence-corrected chi connectivity index (χ4v) is 3.47. The van der Waals surface area contributed by atoms with Crippen molar-refractivity contribution < 1.29 is 0 Å². The summed E-state index contributed by atoms with van der Waals surface area (Å²) in [5, 5.41) is 5.52. The maximum Gasteiger partial charge on any atom is 0.0494 e. The highest BCUT2D eigenvalue weighted by Crippen LogP contribution is 2.23. The molecule has 0 radical (unpaired) electrons. The molecule has 16 heavy (non-hydrogen) atoms. The molecular formula is C12H11Br2NS. The summed E-state index contributed by atoms with van der Waals surface area (Å²) in [5.41, 5.74) is 2.40. The highest BCUT2D eigenvalue weighted by Gasteiger charge is 1.99. The molecule has 0 aliphatic heterocycles. The smallest absolute Gasteiger partial charge is 0.0494 e. The second-order valence-corrected chi connectivity index (χ2v) is 6.43. The van der Waals surface area contributed by atoms with Crippen molar-refractivity contribution >= 4 is 48.9 Å². The van der Waals surface area contributed by atoms with Crippen LogP contribution in [0, 0.1) is 6.92 Å². The zero-order chi connectivity index (χ0) is 11.5. The monoisotopic (exact) mass is 359 g/mol. The molecule has 1 aromatic heterocycles. The second-order valence-electron chi connectivity index (χ2n) is 3.60. The van der Waals surface area contributed by atoms with Crippen LogP contribution >= 0.6 is 43.2 Å². The first-order chi connectivity index (χ1) is 7.63. The van der Waals surface area contributed by atoms with Crippen LogP contribution in [0.3, 0.4) is 0 Å². The first-order valence-corrected chi connectivity index (χ1v) is 7.34. The van der Waals surface area contributed by atoms with Gasteiger partial charge in [0.05, 0.1) is 0 Å². The minimum Gasteiger partial charge on any atom is -0.380 e. The van der Waals surface area contributed by atoms with Crippen molar-refractivity contribution in [1.82, 2.24) is 0 Å². The molecule has 0 atom stereocenters. The van der Waals surface area contributed by atoms with Gasteiger partial charge in [-0.3, -0.25) is 0 Å². The molecule has 1 nitrogen and oxygen atoms in total. The molecule has 2 rings (SSSR count). The minimum absolute atomic E-state index is 0.867. The molecule has 1 N–H and O–H groups in total. The summed E-state index contributed by atoms with van der Waals surface area (Å²) in [6, 6.07) is 8.48. The Morgan fingerprint density at radius 3 is 2.56 bits per heavy atom. The van der Waals surface area contributed by atoms with Crippen molar-refractivity contribution in [2.24, 2.45) is 0 Å². The van der Waals surface area contributed by atoms with Gasteiger partial charge < -0.3 is 5.32 Å². The van der Waals surface area contributed by atoms with Crippen molar-refractivity contribution in [3.8, 4) is 0 Å². The third kappa shape index (κ3) is 3.34.